The fraction of sp³-hybridized carbons (Fsp3) is 0.294. The molecule has 1 atom stereocenters. The number of carbonyl (C=O) groups excluding carboxylic acids is 2. The molecule has 2 aromatic rings. The Morgan fingerprint density at radius 1 is 1.29 bits per heavy atom. The highest BCUT2D eigenvalue weighted by Crippen LogP contribution is 2.25. The summed E-state index contributed by atoms with van der Waals surface area (Å²) in [6.07, 6.45) is 6.42. The van der Waals surface area contributed by atoms with E-state index >= 15 is 0 Å². The molecule has 1 fully saturated rings. The van der Waals surface area contributed by atoms with Crippen LogP contribution in [0.2, 0.25) is 0 Å². The second kappa shape index (κ2) is 6.66. The van der Waals surface area contributed by atoms with E-state index in [0.29, 0.717) is 0 Å². The molecular weight excluding hydrogens is 306 g/mol. The lowest BCUT2D eigenvalue weighted by Crippen LogP contribution is -2.25. The van der Waals surface area contributed by atoms with Gasteiger partial charge in [-0.3, -0.25) is 9.59 Å². The van der Waals surface area contributed by atoms with Crippen LogP contribution in [0.3, 0.4) is 0 Å². The first-order valence-electron chi connectivity index (χ1n) is 7.85. The third kappa shape index (κ3) is 3.51. The maximum absolute atomic E-state index is 11.9. The third-order valence-electron chi connectivity index (χ3n) is 4.09. The number of carbonyl (C=O) groups is 2. The Kier molecular flexibility index (Phi) is 4.41. The summed E-state index contributed by atoms with van der Waals surface area (Å²) >= 11 is 0. The summed E-state index contributed by atoms with van der Waals surface area (Å²) in [5, 5.41) is 10.5. The topological polar surface area (TPSA) is 103 Å². The molecule has 2 amide bonds. The van der Waals surface area contributed by atoms with Crippen LogP contribution in [0.25, 0.3) is 5.69 Å². The normalized spacial score (nSPS) is 14.6. The number of primary amides is 1. The second-order valence-electron chi connectivity index (χ2n) is 5.89. The molecule has 0 spiro atoms. The molecule has 7 nitrogen and oxygen atoms in total. The molecule has 24 heavy (non-hydrogen) atoms. The predicted octanol–water partition coefficient (Wildman–Crippen LogP) is 1.65. The molecule has 1 aliphatic carbocycles. The number of nitrogens with two attached hydrogens (primary N) is 1. The average Bonchev–Trinajstić information content (AvgIpc) is 3.01. The second-order valence-corrected chi connectivity index (χ2v) is 5.89. The van der Waals surface area contributed by atoms with Crippen LogP contribution in [-0.2, 0) is 4.79 Å². The molecule has 1 aromatic heterocycles. The number of nitrogens with one attached hydrogen (secondary N) is 1. The molecular formula is C17H19N5O2. The van der Waals surface area contributed by atoms with E-state index in [4.69, 9.17) is 5.73 Å². The maximum Gasteiger partial charge on any atom is 0.270 e. The molecule has 0 bridgehead atoms. The summed E-state index contributed by atoms with van der Waals surface area (Å²) in [6.45, 7) is 1.94. The van der Waals surface area contributed by atoms with Crippen molar-refractivity contribution < 1.29 is 9.59 Å². The first-order chi connectivity index (χ1) is 11.5. The molecule has 3 rings (SSSR count). The standard InChI is InChI=1S/C17H19N5O2/c1-11(19-16(23)9-12-3-2-4-12)13-5-7-14(8-6-13)22-10-15(17(18)24)20-21-22/h5-11H,2-4H2,1H3,(H2,18,24)(H,19,23)/t11-/m0/s1. The summed E-state index contributed by atoms with van der Waals surface area (Å²) in [6, 6.07) is 7.41. The molecule has 0 aliphatic heterocycles. The molecule has 1 heterocycles. The van der Waals surface area contributed by atoms with Crippen LogP contribution < -0.4 is 11.1 Å². The minimum Gasteiger partial charge on any atom is -0.364 e. The Labute approximate surface area is 139 Å². The molecule has 0 unspecified atom stereocenters. The molecule has 1 aromatic carbocycles. The Hall–Kier alpha value is -2.96. The smallest absolute Gasteiger partial charge is 0.270 e. The molecule has 3 N–H and O–H groups in total. The van der Waals surface area contributed by atoms with Gasteiger partial charge in [0.05, 0.1) is 17.9 Å². The molecule has 0 saturated heterocycles. The molecule has 124 valence electrons. The van der Waals surface area contributed by atoms with E-state index in [1.165, 1.54) is 22.9 Å². The van der Waals surface area contributed by atoms with Crippen molar-refractivity contribution in [3.05, 3.63) is 53.4 Å². The molecule has 1 aliphatic rings. The van der Waals surface area contributed by atoms with Gasteiger partial charge in [-0.25, -0.2) is 4.68 Å². The van der Waals surface area contributed by atoms with Crippen LogP contribution >= 0.6 is 0 Å². The van der Waals surface area contributed by atoms with Gasteiger partial charge in [-0.1, -0.05) is 22.9 Å². The molecule has 0 radical (unpaired) electrons. The van der Waals surface area contributed by atoms with Crippen molar-refractivity contribution in [2.45, 2.75) is 32.2 Å². The zero-order valence-electron chi connectivity index (χ0n) is 13.4. The fourth-order valence-electron chi connectivity index (χ4n) is 2.47. The average molecular weight is 325 g/mol. The van der Waals surface area contributed by atoms with E-state index in [2.05, 4.69) is 15.6 Å². The van der Waals surface area contributed by atoms with Crippen LogP contribution in [0, 0.1) is 0 Å². The van der Waals surface area contributed by atoms with E-state index < -0.39 is 5.91 Å². The number of hydrogen-bond donors (Lipinski definition) is 2. The van der Waals surface area contributed by atoms with Gasteiger partial charge < -0.3 is 11.1 Å². The van der Waals surface area contributed by atoms with Gasteiger partial charge in [0.2, 0.25) is 5.91 Å². The van der Waals surface area contributed by atoms with Crippen molar-refractivity contribution in [1.82, 2.24) is 20.3 Å². The number of amides is 2. The minimum atomic E-state index is -0.616. The lowest BCUT2D eigenvalue weighted by Gasteiger charge is -2.17. The monoisotopic (exact) mass is 325 g/mol. The van der Waals surface area contributed by atoms with Gasteiger partial charge >= 0.3 is 0 Å². The number of allylic oxidation sites excluding steroid dienone is 1. The van der Waals surface area contributed by atoms with E-state index in [9.17, 15) is 9.59 Å². The van der Waals surface area contributed by atoms with Gasteiger partial charge in [-0.05, 0) is 43.9 Å². The summed E-state index contributed by atoms with van der Waals surface area (Å²) in [4.78, 5) is 23.0. The van der Waals surface area contributed by atoms with Gasteiger partial charge in [-0.15, -0.1) is 5.10 Å². The molecule has 7 heteroatoms. The van der Waals surface area contributed by atoms with Crippen molar-refractivity contribution in [1.29, 1.82) is 0 Å². The van der Waals surface area contributed by atoms with Crippen molar-refractivity contribution >= 4 is 11.8 Å². The third-order valence-corrected chi connectivity index (χ3v) is 4.09. The van der Waals surface area contributed by atoms with Crippen molar-refractivity contribution in [2.24, 2.45) is 5.73 Å². The Bertz CT molecular complexity index is 786. The van der Waals surface area contributed by atoms with Crippen LogP contribution in [0.5, 0.6) is 0 Å². The van der Waals surface area contributed by atoms with Crippen LogP contribution in [-0.4, -0.2) is 26.8 Å². The number of rotatable bonds is 5. The van der Waals surface area contributed by atoms with Gasteiger partial charge in [-0.2, -0.15) is 0 Å². The summed E-state index contributed by atoms with van der Waals surface area (Å²) in [5.74, 6) is -0.668. The predicted molar refractivity (Wildman–Crippen MR) is 88.4 cm³/mol. The van der Waals surface area contributed by atoms with Gasteiger partial charge in [0.15, 0.2) is 5.69 Å². The van der Waals surface area contributed by atoms with Gasteiger partial charge in [0.25, 0.3) is 5.91 Å². The van der Waals surface area contributed by atoms with E-state index in [0.717, 1.165) is 24.1 Å². The highest BCUT2D eigenvalue weighted by molar-refractivity contribution is 5.90. The van der Waals surface area contributed by atoms with Crippen LogP contribution in [0.4, 0.5) is 0 Å². The number of hydrogen-bond acceptors (Lipinski definition) is 4. The van der Waals surface area contributed by atoms with Crippen LogP contribution in [0.15, 0.2) is 42.1 Å². The number of nitrogens with zero attached hydrogens (tertiary/aromatic N) is 3. The Morgan fingerprint density at radius 2 is 2.00 bits per heavy atom. The fourth-order valence-corrected chi connectivity index (χ4v) is 2.47. The molecule has 1 saturated carbocycles. The highest BCUT2D eigenvalue weighted by atomic mass is 16.2. The lowest BCUT2D eigenvalue weighted by molar-refractivity contribution is -0.117. The van der Waals surface area contributed by atoms with Crippen molar-refractivity contribution in [3.63, 3.8) is 0 Å². The van der Waals surface area contributed by atoms with Crippen LogP contribution in [0.1, 0.15) is 48.3 Å². The Morgan fingerprint density at radius 3 is 2.54 bits per heavy atom. The maximum atomic E-state index is 11.9. The highest BCUT2D eigenvalue weighted by Gasteiger charge is 2.13. The first-order valence-corrected chi connectivity index (χ1v) is 7.85. The van der Waals surface area contributed by atoms with Crippen molar-refractivity contribution in [3.8, 4) is 5.69 Å². The summed E-state index contributed by atoms with van der Waals surface area (Å²) < 4.78 is 1.48. The van der Waals surface area contributed by atoms with Crippen molar-refractivity contribution in [2.75, 3.05) is 0 Å². The van der Waals surface area contributed by atoms with E-state index in [-0.39, 0.29) is 17.6 Å². The Balaban J connectivity index is 1.66. The largest absolute Gasteiger partial charge is 0.364 e. The SMILES string of the molecule is C[C@H](NC(=O)C=C1CCC1)c1ccc(-n2cc(C(N)=O)nn2)cc1. The zero-order chi connectivity index (χ0) is 17.1. The van der Waals surface area contributed by atoms with Gasteiger partial charge in [0.1, 0.15) is 0 Å². The minimum absolute atomic E-state index is 0.0522. The number of benzene rings is 1. The zero-order valence-corrected chi connectivity index (χ0v) is 13.4. The lowest BCUT2D eigenvalue weighted by atomic mass is 9.92. The van der Waals surface area contributed by atoms with E-state index in [1.807, 2.05) is 31.2 Å². The summed E-state index contributed by atoms with van der Waals surface area (Å²) in [5.41, 5.74) is 8.23. The van der Waals surface area contributed by atoms with E-state index in [1.54, 1.807) is 6.08 Å². The summed E-state index contributed by atoms with van der Waals surface area (Å²) in [7, 11) is 0. The number of aromatic nitrogens is 3. The van der Waals surface area contributed by atoms with Gasteiger partial charge in [0, 0.05) is 6.08 Å². The first kappa shape index (κ1) is 15.9. The quantitative estimate of drug-likeness (QED) is 0.816.